The molecule has 0 saturated carbocycles. The van der Waals surface area contributed by atoms with Gasteiger partial charge in [-0.25, -0.2) is 0 Å². The molecule has 2 N–H and O–H groups in total. The highest BCUT2D eigenvalue weighted by molar-refractivity contribution is 14.0. The molecule has 0 aromatic carbocycles. The molecule has 0 spiro atoms. The van der Waals surface area contributed by atoms with E-state index < -0.39 is 12.8 Å². The van der Waals surface area contributed by atoms with Gasteiger partial charge in [0, 0.05) is 26.2 Å². The molecular formula is C10H21F3IN3O. The van der Waals surface area contributed by atoms with E-state index in [-0.39, 0.29) is 30.6 Å². The summed E-state index contributed by atoms with van der Waals surface area (Å²) < 4.78 is 39.6. The van der Waals surface area contributed by atoms with E-state index in [0.717, 1.165) is 13.1 Å². The van der Waals surface area contributed by atoms with Crippen molar-refractivity contribution in [3.05, 3.63) is 0 Å². The minimum atomic E-state index is -4.25. The van der Waals surface area contributed by atoms with Gasteiger partial charge in [-0.1, -0.05) is 0 Å². The lowest BCUT2D eigenvalue weighted by Gasteiger charge is -2.09. The predicted molar refractivity (Wildman–Crippen MR) is 76.6 cm³/mol. The standard InChI is InChI=1S/C10H20F3N3O.HI/c1-3-14-9(15-4-2)16-6-5-7-17-8-10(11,12)13;/h3-8H2,1-2H3,(H2,14,15,16);1H. The molecule has 0 aliphatic carbocycles. The lowest BCUT2D eigenvalue weighted by atomic mass is 10.4. The quantitative estimate of drug-likeness (QED) is 0.307. The molecule has 0 unspecified atom stereocenters. The Morgan fingerprint density at radius 3 is 2.17 bits per heavy atom. The van der Waals surface area contributed by atoms with Crippen molar-refractivity contribution in [2.75, 3.05) is 32.8 Å². The third kappa shape index (κ3) is 13.8. The molecule has 18 heavy (non-hydrogen) atoms. The van der Waals surface area contributed by atoms with Gasteiger partial charge in [0.1, 0.15) is 6.61 Å². The van der Waals surface area contributed by atoms with Crippen molar-refractivity contribution in [1.29, 1.82) is 0 Å². The van der Waals surface area contributed by atoms with Gasteiger partial charge in [0.2, 0.25) is 0 Å². The molecule has 0 aliphatic heterocycles. The Hall–Kier alpha value is -0.250. The van der Waals surface area contributed by atoms with E-state index in [1.165, 1.54) is 0 Å². The number of rotatable bonds is 7. The van der Waals surface area contributed by atoms with E-state index in [2.05, 4.69) is 20.4 Å². The summed E-state index contributed by atoms with van der Waals surface area (Å²) in [4.78, 5) is 4.17. The number of nitrogens with zero attached hydrogens (tertiary/aromatic N) is 1. The van der Waals surface area contributed by atoms with Gasteiger partial charge in [0.15, 0.2) is 5.96 Å². The van der Waals surface area contributed by atoms with Crippen molar-refractivity contribution in [2.45, 2.75) is 26.4 Å². The van der Waals surface area contributed by atoms with E-state index in [0.29, 0.717) is 18.9 Å². The van der Waals surface area contributed by atoms with Crippen LogP contribution in [0.1, 0.15) is 20.3 Å². The highest BCUT2D eigenvalue weighted by Gasteiger charge is 2.27. The molecule has 4 nitrogen and oxygen atoms in total. The Morgan fingerprint density at radius 1 is 1.17 bits per heavy atom. The van der Waals surface area contributed by atoms with Gasteiger partial charge in [-0.2, -0.15) is 13.2 Å². The van der Waals surface area contributed by atoms with Crippen LogP contribution in [0.25, 0.3) is 0 Å². The van der Waals surface area contributed by atoms with E-state index >= 15 is 0 Å². The van der Waals surface area contributed by atoms with Crippen LogP contribution in [0.15, 0.2) is 4.99 Å². The molecule has 0 aromatic heterocycles. The number of ether oxygens (including phenoxy) is 1. The SMILES string of the molecule is CCNC(=NCCCOCC(F)(F)F)NCC.I. The van der Waals surface area contributed by atoms with Crippen LogP contribution in [0.4, 0.5) is 13.2 Å². The molecule has 0 radical (unpaired) electrons. The molecule has 8 heteroatoms. The predicted octanol–water partition coefficient (Wildman–Crippen LogP) is 2.15. The van der Waals surface area contributed by atoms with Gasteiger partial charge in [-0.05, 0) is 20.3 Å². The molecule has 0 aromatic rings. The van der Waals surface area contributed by atoms with Gasteiger partial charge in [0.05, 0.1) is 0 Å². The smallest absolute Gasteiger partial charge is 0.372 e. The second kappa shape index (κ2) is 11.8. The Morgan fingerprint density at radius 2 is 1.72 bits per heavy atom. The highest BCUT2D eigenvalue weighted by Crippen LogP contribution is 2.14. The van der Waals surface area contributed by atoms with Crippen LogP contribution in [0.3, 0.4) is 0 Å². The molecule has 0 heterocycles. The number of alkyl halides is 3. The van der Waals surface area contributed by atoms with E-state index in [1.807, 2.05) is 13.8 Å². The molecule has 0 bridgehead atoms. The third-order valence-corrected chi connectivity index (χ3v) is 1.67. The van der Waals surface area contributed by atoms with Gasteiger partial charge in [-0.15, -0.1) is 24.0 Å². The van der Waals surface area contributed by atoms with Gasteiger partial charge < -0.3 is 15.4 Å². The van der Waals surface area contributed by atoms with Crippen LogP contribution >= 0.6 is 24.0 Å². The van der Waals surface area contributed by atoms with Crippen LogP contribution in [0, 0.1) is 0 Å². The van der Waals surface area contributed by atoms with Gasteiger partial charge >= 0.3 is 6.18 Å². The first-order valence-corrected chi connectivity index (χ1v) is 5.66. The van der Waals surface area contributed by atoms with Crippen LogP contribution in [-0.4, -0.2) is 45.0 Å². The van der Waals surface area contributed by atoms with Crippen molar-refractivity contribution < 1.29 is 17.9 Å². The van der Waals surface area contributed by atoms with Crippen molar-refractivity contribution in [3.8, 4) is 0 Å². The largest absolute Gasteiger partial charge is 0.411 e. The maximum absolute atomic E-state index is 11.7. The van der Waals surface area contributed by atoms with Crippen molar-refractivity contribution in [2.24, 2.45) is 4.99 Å². The van der Waals surface area contributed by atoms with Crippen LogP contribution in [0.5, 0.6) is 0 Å². The zero-order valence-corrected chi connectivity index (χ0v) is 13.0. The zero-order valence-electron chi connectivity index (χ0n) is 10.6. The summed E-state index contributed by atoms with van der Waals surface area (Å²) in [6, 6.07) is 0. The summed E-state index contributed by atoms with van der Waals surface area (Å²) in [6.45, 7) is 4.69. The first-order valence-electron chi connectivity index (χ1n) is 5.66. The summed E-state index contributed by atoms with van der Waals surface area (Å²) in [5.41, 5.74) is 0. The first kappa shape index (κ1) is 20.1. The minimum Gasteiger partial charge on any atom is -0.372 e. The van der Waals surface area contributed by atoms with E-state index in [9.17, 15) is 13.2 Å². The number of halogens is 4. The molecule has 0 fully saturated rings. The molecule has 0 rings (SSSR count). The number of hydrogen-bond donors (Lipinski definition) is 2. The van der Waals surface area contributed by atoms with E-state index in [1.54, 1.807) is 0 Å². The van der Waals surface area contributed by atoms with Gasteiger partial charge in [0.25, 0.3) is 0 Å². The monoisotopic (exact) mass is 383 g/mol. The van der Waals surface area contributed by atoms with Crippen LogP contribution in [-0.2, 0) is 4.74 Å². The molecule has 110 valence electrons. The molecular weight excluding hydrogens is 362 g/mol. The molecule has 0 amide bonds. The van der Waals surface area contributed by atoms with Crippen molar-refractivity contribution in [3.63, 3.8) is 0 Å². The summed E-state index contributed by atoms with van der Waals surface area (Å²) in [5, 5.41) is 6.03. The lowest BCUT2D eigenvalue weighted by Crippen LogP contribution is -2.37. The Kier molecular flexibility index (Phi) is 13.2. The van der Waals surface area contributed by atoms with Crippen LogP contribution < -0.4 is 10.6 Å². The molecule has 0 saturated heterocycles. The Labute approximate surface area is 123 Å². The third-order valence-electron chi connectivity index (χ3n) is 1.67. The fourth-order valence-corrected chi connectivity index (χ4v) is 1.05. The molecule has 0 atom stereocenters. The lowest BCUT2D eigenvalue weighted by molar-refractivity contribution is -0.173. The second-order valence-electron chi connectivity index (χ2n) is 3.31. The first-order chi connectivity index (χ1) is 7.99. The topological polar surface area (TPSA) is 45.7 Å². The summed E-state index contributed by atoms with van der Waals surface area (Å²) in [7, 11) is 0. The number of guanidine groups is 1. The Bertz CT molecular complexity index is 217. The van der Waals surface area contributed by atoms with Crippen molar-refractivity contribution >= 4 is 29.9 Å². The second-order valence-corrected chi connectivity index (χ2v) is 3.31. The fourth-order valence-electron chi connectivity index (χ4n) is 1.05. The maximum atomic E-state index is 11.7. The average Bonchev–Trinajstić information content (AvgIpc) is 2.22. The molecule has 0 aliphatic rings. The van der Waals surface area contributed by atoms with E-state index in [4.69, 9.17) is 0 Å². The minimum absolute atomic E-state index is 0. The van der Waals surface area contributed by atoms with Crippen LogP contribution in [0.2, 0.25) is 0 Å². The maximum Gasteiger partial charge on any atom is 0.411 e. The zero-order chi connectivity index (χ0) is 13.1. The highest BCUT2D eigenvalue weighted by atomic mass is 127. The summed E-state index contributed by atoms with van der Waals surface area (Å²) in [5.74, 6) is 0.672. The number of hydrogen-bond acceptors (Lipinski definition) is 2. The Balaban J connectivity index is 0. The summed E-state index contributed by atoms with van der Waals surface area (Å²) in [6.07, 6.45) is -3.78. The summed E-state index contributed by atoms with van der Waals surface area (Å²) >= 11 is 0. The average molecular weight is 383 g/mol. The van der Waals surface area contributed by atoms with Crippen molar-refractivity contribution in [1.82, 2.24) is 10.6 Å². The number of nitrogens with one attached hydrogen (secondary N) is 2. The van der Waals surface area contributed by atoms with Gasteiger partial charge in [-0.3, -0.25) is 4.99 Å². The normalized spacial score (nSPS) is 10.5. The fraction of sp³-hybridized carbons (Fsp3) is 0.900. The number of aliphatic imine (C=N–C) groups is 1.